The van der Waals surface area contributed by atoms with Crippen molar-refractivity contribution >= 4 is 27.3 Å². The normalized spacial score (nSPS) is 13.8. The predicted molar refractivity (Wildman–Crippen MR) is 150 cm³/mol. The number of anilines is 2. The number of para-hydroxylation sites is 2. The highest BCUT2D eigenvalue weighted by molar-refractivity contribution is 7.93. The lowest BCUT2D eigenvalue weighted by Crippen LogP contribution is -2.52. The van der Waals surface area contributed by atoms with Gasteiger partial charge in [-0.25, -0.2) is 8.42 Å². The summed E-state index contributed by atoms with van der Waals surface area (Å²) in [5.41, 5.74) is 4.18. The molecule has 0 unspecified atom stereocenters. The number of aryl methyl sites for hydroxylation is 3. The van der Waals surface area contributed by atoms with Gasteiger partial charge in [0.2, 0.25) is 5.91 Å². The van der Waals surface area contributed by atoms with Gasteiger partial charge in [0.25, 0.3) is 10.0 Å². The third-order valence-electron chi connectivity index (χ3n) is 7.00. The number of carbonyl (C=O) groups is 1. The molecule has 1 saturated heterocycles. The van der Waals surface area contributed by atoms with Crippen molar-refractivity contribution in [3.05, 3.63) is 77.4 Å². The van der Waals surface area contributed by atoms with Crippen LogP contribution in [0.3, 0.4) is 0 Å². The zero-order chi connectivity index (χ0) is 27.4. The number of hydrogen-bond acceptors (Lipinski definition) is 6. The molecular formula is C29H35N3O5S. The molecule has 1 heterocycles. The van der Waals surface area contributed by atoms with Crippen LogP contribution in [0.25, 0.3) is 0 Å². The van der Waals surface area contributed by atoms with Crippen LogP contribution in [0, 0.1) is 20.8 Å². The van der Waals surface area contributed by atoms with Gasteiger partial charge >= 0.3 is 0 Å². The Morgan fingerprint density at radius 1 is 0.842 bits per heavy atom. The number of amides is 1. The average molecular weight is 538 g/mol. The molecule has 1 fully saturated rings. The molecule has 1 amide bonds. The van der Waals surface area contributed by atoms with E-state index in [0.29, 0.717) is 31.9 Å². The maximum Gasteiger partial charge on any atom is 0.268 e. The summed E-state index contributed by atoms with van der Waals surface area (Å²) in [5.74, 6) is 0.770. The minimum absolute atomic E-state index is 0.0343. The molecule has 3 aromatic rings. The summed E-state index contributed by atoms with van der Waals surface area (Å²) in [7, 11) is -1.03. The summed E-state index contributed by atoms with van der Waals surface area (Å²) in [6.07, 6.45) is 0. The monoisotopic (exact) mass is 537 g/mol. The number of piperazine rings is 1. The van der Waals surface area contributed by atoms with Crippen molar-refractivity contribution in [2.24, 2.45) is 0 Å². The van der Waals surface area contributed by atoms with Gasteiger partial charge in [0.05, 0.1) is 25.6 Å². The van der Waals surface area contributed by atoms with E-state index in [2.05, 4.69) is 4.90 Å². The number of nitrogens with zero attached hydrogens (tertiary/aromatic N) is 3. The molecule has 4 rings (SSSR count). The smallest absolute Gasteiger partial charge is 0.268 e. The van der Waals surface area contributed by atoms with Crippen LogP contribution in [0.4, 0.5) is 11.4 Å². The first-order valence-corrected chi connectivity index (χ1v) is 14.0. The Balaban J connectivity index is 1.61. The molecule has 9 heteroatoms. The van der Waals surface area contributed by atoms with E-state index < -0.39 is 10.0 Å². The Kier molecular flexibility index (Phi) is 8.16. The average Bonchev–Trinajstić information content (AvgIpc) is 2.93. The van der Waals surface area contributed by atoms with Gasteiger partial charge in [-0.2, -0.15) is 0 Å². The van der Waals surface area contributed by atoms with Crippen molar-refractivity contribution in [1.82, 2.24) is 4.90 Å². The molecule has 3 aromatic carbocycles. The molecule has 0 aliphatic carbocycles. The lowest BCUT2D eigenvalue weighted by molar-refractivity contribution is -0.129. The molecule has 202 valence electrons. The van der Waals surface area contributed by atoms with Crippen LogP contribution in [-0.2, 0) is 14.8 Å². The zero-order valence-corrected chi connectivity index (χ0v) is 23.4. The van der Waals surface area contributed by atoms with E-state index in [0.717, 1.165) is 28.1 Å². The minimum Gasteiger partial charge on any atom is -0.495 e. The summed E-state index contributed by atoms with van der Waals surface area (Å²) < 4.78 is 40.2. The maximum atomic E-state index is 14.0. The zero-order valence-electron chi connectivity index (χ0n) is 22.6. The van der Waals surface area contributed by atoms with Crippen molar-refractivity contribution in [1.29, 1.82) is 0 Å². The molecule has 8 nitrogen and oxygen atoms in total. The summed E-state index contributed by atoms with van der Waals surface area (Å²) in [4.78, 5) is 17.5. The molecule has 0 spiro atoms. The highest BCUT2D eigenvalue weighted by Gasteiger charge is 2.32. The first-order chi connectivity index (χ1) is 18.1. The quantitative estimate of drug-likeness (QED) is 0.429. The van der Waals surface area contributed by atoms with Gasteiger partial charge < -0.3 is 19.3 Å². The van der Waals surface area contributed by atoms with Crippen molar-refractivity contribution in [2.45, 2.75) is 25.7 Å². The Hall–Kier alpha value is -3.72. The van der Waals surface area contributed by atoms with Gasteiger partial charge in [-0.3, -0.25) is 9.10 Å². The van der Waals surface area contributed by atoms with Gasteiger partial charge in [-0.15, -0.1) is 0 Å². The summed E-state index contributed by atoms with van der Waals surface area (Å²) in [6.45, 7) is 7.60. The standard InChI is InChI=1S/C29H35N3O5S/c1-21-10-13-27(37-5)28(18-21)38(34,35)32(24-12-11-22(2)23(3)19-24)20-29(33)31-16-14-30(15-17-31)25-8-6-7-9-26(25)36-4/h6-13,18-19H,14-17,20H2,1-5H3. The topological polar surface area (TPSA) is 79.4 Å². The van der Waals surface area contributed by atoms with Crippen molar-refractivity contribution < 1.29 is 22.7 Å². The summed E-state index contributed by atoms with van der Waals surface area (Å²) in [5, 5.41) is 0. The number of methoxy groups -OCH3 is 2. The summed E-state index contributed by atoms with van der Waals surface area (Å²) >= 11 is 0. The second kappa shape index (κ2) is 11.3. The lowest BCUT2D eigenvalue weighted by atomic mass is 10.1. The van der Waals surface area contributed by atoms with Gasteiger partial charge in [0.1, 0.15) is 22.9 Å². The van der Waals surface area contributed by atoms with Crippen molar-refractivity contribution in [3.8, 4) is 11.5 Å². The minimum atomic E-state index is -4.11. The molecule has 1 aliphatic heterocycles. The van der Waals surface area contributed by atoms with Crippen molar-refractivity contribution in [3.63, 3.8) is 0 Å². The van der Waals surface area contributed by atoms with Crippen LogP contribution >= 0.6 is 0 Å². The Bertz CT molecular complexity index is 1420. The number of benzene rings is 3. The molecule has 0 radical (unpaired) electrons. The van der Waals surface area contributed by atoms with E-state index in [1.165, 1.54) is 11.4 Å². The van der Waals surface area contributed by atoms with Gasteiger partial charge in [0.15, 0.2) is 0 Å². The second-order valence-corrected chi connectivity index (χ2v) is 11.3. The molecule has 0 aromatic heterocycles. The van der Waals surface area contributed by atoms with E-state index in [4.69, 9.17) is 9.47 Å². The van der Waals surface area contributed by atoms with E-state index in [9.17, 15) is 13.2 Å². The fourth-order valence-corrected chi connectivity index (χ4v) is 6.26. The Labute approximate surface area is 225 Å². The largest absolute Gasteiger partial charge is 0.495 e. The summed E-state index contributed by atoms with van der Waals surface area (Å²) in [6, 6.07) is 18.2. The molecular weight excluding hydrogens is 502 g/mol. The highest BCUT2D eigenvalue weighted by Crippen LogP contribution is 2.32. The van der Waals surface area contributed by atoms with E-state index in [1.54, 1.807) is 36.3 Å². The third kappa shape index (κ3) is 5.57. The third-order valence-corrected chi connectivity index (χ3v) is 8.80. The van der Waals surface area contributed by atoms with Crippen LogP contribution in [0.5, 0.6) is 11.5 Å². The second-order valence-electron chi connectivity index (χ2n) is 9.47. The molecule has 0 saturated carbocycles. The van der Waals surface area contributed by atoms with E-state index in [1.807, 2.05) is 57.2 Å². The fraction of sp³-hybridized carbons (Fsp3) is 0.345. The highest BCUT2D eigenvalue weighted by atomic mass is 32.2. The first-order valence-electron chi connectivity index (χ1n) is 12.6. The SMILES string of the molecule is COc1ccccc1N1CCN(C(=O)CN(c2ccc(C)c(C)c2)S(=O)(=O)c2cc(C)ccc2OC)CC1. The van der Waals surface area contributed by atoms with Crippen LogP contribution < -0.4 is 18.7 Å². The van der Waals surface area contributed by atoms with Gasteiger partial charge in [-0.05, 0) is 73.9 Å². The number of rotatable bonds is 8. The van der Waals surface area contributed by atoms with Crippen LogP contribution in [0.15, 0.2) is 65.6 Å². The lowest BCUT2D eigenvalue weighted by Gasteiger charge is -2.37. The number of hydrogen-bond donors (Lipinski definition) is 0. The van der Waals surface area contributed by atoms with Crippen LogP contribution in [0.2, 0.25) is 0 Å². The van der Waals surface area contributed by atoms with Crippen LogP contribution in [0.1, 0.15) is 16.7 Å². The Morgan fingerprint density at radius 3 is 2.18 bits per heavy atom. The predicted octanol–water partition coefficient (Wildman–Crippen LogP) is 4.17. The Morgan fingerprint density at radius 2 is 1.53 bits per heavy atom. The maximum absolute atomic E-state index is 14.0. The first kappa shape index (κ1) is 27.3. The van der Waals surface area contributed by atoms with Crippen molar-refractivity contribution in [2.75, 3.05) is 56.1 Å². The molecule has 0 bridgehead atoms. The molecule has 0 N–H and O–H groups in total. The van der Waals surface area contributed by atoms with Gasteiger partial charge in [0, 0.05) is 26.2 Å². The molecule has 38 heavy (non-hydrogen) atoms. The van der Waals surface area contributed by atoms with Gasteiger partial charge in [-0.1, -0.05) is 24.3 Å². The number of sulfonamides is 1. The number of carbonyl (C=O) groups excluding carboxylic acids is 1. The fourth-order valence-electron chi connectivity index (χ4n) is 4.61. The van der Waals surface area contributed by atoms with E-state index >= 15 is 0 Å². The molecule has 0 atom stereocenters. The van der Waals surface area contributed by atoms with E-state index in [-0.39, 0.29) is 23.1 Å². The van der Waals surface area contributed by atoms with Crippen LogP contribution in [-0.4, -0.2) is 66.2 Å². The molecule has 1 aliphatic rings. The number of ether oxygens (including phenoxy) is 2.